The third-order valence-corrected chi connectivity index (χ3v) is 19.9. The smallest absolute Gasteiger partial charge is 0.462 e. The van der Waals surface area contributed by atoms with Crippen molar-refractivity contribution in [3.63, 3.8) is 0 Å². The molecule has 0 aliphatic carbocycles. The number of hydrogen-bond donors (Lipinski definition) is 3. The van der Waals surface area contributed by atoms with E-state index in [9.17, 15) is 43.2 Å². The third kappa shape index (κ3) is 70.5. The first-order chi connectivity index (χ1) is 46.5. The molecule has 0 aromatic rings. The molecule has 2 unspecified atom stereocenters. The van der Waals surface area contributed by atoms with Gasteiger partial charge in [-0.25, -0.2) is 9.13 Å². The molecule has 19 heteroatoms. The third-order valence-electron chi connectivity index (χ3n) is 18.0. The van der Waals surface area contributed by atoms with Crippen molar-refractivity contribution >= 4 is 39.5 Å². The van der Waals surface area contributed by atoms with E-state index >= 15 is 0 Å². The Bertz CT molecular complexity index is 1840. The summed E-state index contributed by atoms with van der Waals surface area (Å²) in [6, 6.07) is 0. The average Bonchev–Trinajstić information content (AvgIpc) is 1.90. The van der Waals surface area contributed by atoms with Gasteiger partial charge in [0.05, 0.1) is 26.4 Å². The summed E-state index contributed by atoms with van der Waals surface area (Å²) in [7, 11) is -9.91. The van der Waals surface area contributed by atoms with Crippen molar-refractivity contribution in [2.75, 3.05) is 39.6 Å². The lowest BCUT2D eigenvalue weighted by Crippen LogP contribution is -2.30. The lowest BCUT2D eigenvalue weighted by atomic mass is 10.0. The van der Waals surface area contributed by atoms with Crippen LogP contribution in [0.4, 0.5) is 0 Å². The Morgan fingerprint density at radius 1 is 0.281 bits per heavy atom. The van der Waals surface area contributed by atoms with Crippen molar-refractivity contribution in [2.45, 2.75) is 425 Å². The van der Waals surface area contributed by atoms with Gasteiger partial charge in [0.1, 0.15) is 19.3 Å². The second-order valence-electron chi connectivity index (χ2n) is 28.2. The van der Waals surface area contributed by atoms with Crippen LogP contribution in [0, 0.1) is 5.92 Å². The molecule has 0 spiro atoms. The van der Waals surface area contributed by atoms with Crippen LogP contribution < -0.4 is 0 Å². The number of phosphoric ester groups is 2. The molecule has 0 radical (unpaired) electrons. The van der Waals surface area contributed by atoms with Gasteiger partial charge in [-0.1, -0.05) is 356 Å². The van der Waals surface area contributed by atoms with Crippen molar-refractivity contribution < 1.29 is 80.2 Å². The van der Waals surface area contributed by atoms with Crippen molar-refractivity contribution in [1.29, 1.82) is 0 Å². The van der Waals surface area contributed by atoms with Gasteiger partial charge in [-0.3, -0.25) is 37.3 Å². The number of carbonyl (C=O) groups is 4. The first-order valence-corrected chi connectivity index (χ1v) is 43.1. The van der Waals surface area contributed by atoms with Gasteiger partial charge in [0.25, 0.3) is 0 Å². The number of aliphatic hydroxyl groups is 1. The van der Waals surface area contributed by atoms with Crippen molar-refractivity contribution in [1.82, 2.24) is 0 Å². The van der Waals surface area contributed by atoms with E-state index in [2.05, 4.69) is 34.6 Å². The minimum Gasteiger partial charge on any atom is -0.462 e. The Kier molecular flexibility index (Phi) is 68.7. The number of hydrogen-bond acceptors (Lipinski definition) is 15. The molecule has 0 aliphatic rings. The number of phosphoric acid groups is 2. The normalized spacial score (nSPS) is 13.9. The molecular formula is C77H150O17P2. The summed E-state index contributed by atoms with van der Waals surface area (Å²) in [5, 5.41) is 10.6. The summed E-state index contributed by atoms with van der Waals surface area (Å²) in [4.78, 5) is 72.8. The van der Waals surface area contributed by atoms with Gasteiger partial charge in [-0.2, -0.15) is 0 Å². The monoisotopic (exact) mass is 1410 g/mol. The van der Waals surface area contributed by atoms with Crippen molar-refractivity contribution in [2.24, 2.45) is 5.92 Å². The van der Waals surface area contributed by atoms with E-state index in [1.54, 1.807) is 0 Å². The molecule has 0 heterocycles. The fourth-order valence-corrected chi connectivity index (χ4v) is 13.5. The molecule has 570 valence electrons. The molecule has 3 N–H and O–H groups in total. The van der Waals surface area contributed by atoms with Gasteiger partial charge in [-0.05, 0) is 31.6 Å². The molecule has 96 heavy (non-hydrogen) atoms. The summed E-state index contributed by atoms with van der Waals surface area (Å²) in [5.41, 5.74) is 0. The Balaban J connectivity index is 5.21. The number of carbonyl (C=O) groups excluding carboxylic acids is 4. The van der Waals surface area contributed by atoms with Crippen LogP contribution in [0.2, 0.25) is 0 Å². The molecule has 0 amide bonds. The van der Waals surface area contributed by atoms with Gasteiger partial charge in [0, 0.05) is 25.7 Å². The first kappa shape index (κ1) is 94.1. The molecule has 0 aromatic heterocycles. The number of esters is 4. The van der Waals surface area contributed by atoms with Crippen LogP contribution in [0.1, 0.15) is 407 Å². The highest BCUT2D eigenvalue weighted by Gasteiger charge is 2.30. The first-order valence-electron chi connectivity index (χ1n) is 40.1. The number of rotatable bonds is 77. The van der Waals surface area contributed by atoms with E-state index in [4.69, 9.17) is 37.0 Å². The summed E-state index contributed by atoms with van der Waals surface area (Å²) < 4.78 is 68.5. The Hall–Kier alpha value is -1.94. The van der Waals surface area contributed by atoms with Crippen LogP contribution >= 0.6 is 15.6 Å². The van der Waals surface area contributed by atoms with Crippen LogP contribution in [0.3, 0.4) is 0 Å². The molecule has 0 fully saturated rings. The van der Waals surface area contributed by atoms with Crippen LogP contribution in [-0.4, -0.2) is 96.7 Å². The molecule has 0 rings (SSSR count). The Morgan fingerprint density at radius 2 is 0.479 bits per heavy atom. The van der Waals surface area contributed by atoms with Crippen molar-refractivity contribution in [3.05, 3.63) is 0 Å². The molecule has 17 nitrogen and oxygen atoms in total. The minimum atomic E-state index is -4.96. The van der Waals surface area contributed by atoms with Gasteiger partial charge < -0.3 is 33.8 Å². The highest BCUT2D eigenvalue weighted by molar-refractivity contribution is 7.47. The molecule has 0 aliphatic heterocycles. The van der Waals surface area contributed by atoms with Gasteiger partial charge in [0.15, 0.2) is 12.2 Å². The van der Waals surface area contributed by atoms with E-state index in [1.807, 2.05) is 0 Å². The zero-order valence-electron chi connectivity index (χ0n) is 62.5. The maximum Gasteiger partial charge on any atom is 0.472 e. The fraction of sp³-hybridized carbons (Fsp3) is 0.948. The number of aliphatic hydroxyl groups excluding tert-OH is 1. The molecule has 0 aromatic carbocycles. The zero-order chi connectivity index (χ0) is 70.5. The summed E-state index contributed by atoms with van der Waals surface area (Å²) in [6.45, 7) is 7.31. The Labute approximate surface area is 588 Å². The van der Waals surface area contributed by atoms with Crippen LogP contribution in [0.5, 0.6) is 0 Å². The number of unbranched alkanes of at least 4 members (excludes halogenated alkanes) is 49. The molecule has 0 saturated heterocycles. The molecule has 5 atom stereocenters. The second kappa shape index (κ2) is 70.1. The van der Waals surface area contributed by atoms with Crippen molar-refractivity contribution in [3.8, 4) is 0 Å². The average molecular weight is 1410 g/mol. The predicted molar refractivity (Wildman–Crippen MR) is 391 cm³/mol. The SMILES string of the molecule is CCCCCCCCCCCCCCCCCCCCCC(=O)O[C@H](COC(=O)CCCCCCCCCCCCCCCC(C)C)COP(=O)(O)OC[C@@H](O)COP(=O)(O)OC[C@@H](COC(=O)CCCCCCCCCCC)OC(=O)CCCCCCCCCCCCCC. The van der Waals surface area contributed by atoms with Crippen LogP contribution in [0.25, 0.3) is 0 Å². The fourth-order valence-electron chi connectivity index (χ4n) is 11.9. The summed E-state index contributed by atoms with van der Waals surface area (Å²) >= 11 is 0. The molecule has 0 bridgehead atoms. The highest BCUT2D eigenvalue weighted by Crippen LogP contribution is 2.45. The Morgan fingerprint density at radius 3 is 0.708 bits per heavy atom. The van der Waals surface area contributed by atoms with Gasteiger partial charge >= 0.3 is 39.5 Å². The van der Waals surface area contributed by atoms with Gasteiger partial charge in [0.2, 0.25) is 0 Å². The van der Waals surface area contributed by atoms with E-state index in [0.717, 1.165) is 95.8 Å². The molecular weight excluding hydrogens is 1260 g/mol. The maximum atomic E-state index is 13.1. The summed E-state index contributed by atoms with van der Waals surface area (Å²) in [6.07, 6.45) is 59.6. The van der Waals surface area contributed by atoms with E-state index < -0.39 is 97.5 Å². The number of ether oxygens (including phenoxy) is 4. The quantitative estimate of drug-likeness (QED) is 0.0222. The van der Waals surface area contributed by atoms with E-state index in [0.29, 0.717) is 25.7 Å². The topological polar surface area (TPSA) is 237 Å². The van der Waals surface area contributed by atoms with E-state index in [-0.39, 0.29) is 25.7 Å². The van der Waals surface area contributed by atoms with Crippen LogP contribution in [-0.2, 0) is 65.4 Å². The van der Waals surface area contributed by atoms with E-state index in [1.165, 1.54) is 231 Å². The lowest BCUT2D eigenvalue weighted by molar-refractivity contribution is -0.161. The zero-order valence-corrected chi connectivity index (χ0v) is 64.3. The maximum absolute atomic E-state index is 13.1. The minimum absolute atomic E-state index is 0.108. The highest BCUT2D eigenvalue weighted by atomic mass is 31.2. The molecule has 0 saturated carbocycles. The van der Waals surface area contributed by atoms with Gasteiger partial charge in [-0.15, -0.1) is 0 Å². The lowest BCUT2D eigenvalue weighted by Gasteiger charge is -2.21. The van der Waals surface area contributed by atoms with Crippen LogP contribution in [0.15, 0.2) is 0 Å². The summed E-state index contributed by atoms with van der Waals surface area (Å²) in [5.74, 6) is -1.32. The largest absolute Gasteiger partial charge is 0.472 e. The second-order valence-corrected chi connectivity index (χ2v) is 31.1. The predicted octanol–water partition coefficient (Wildman–Crippen LogP) is 22.9. The standard InChI is InChI=1S/C77H150O17P2/c1-6-9-12-15-18-21-23-25-26-27-28-29-30-33-38-43-48-53-58-63-77(82)94-73(67-88-75(80)61-56-51-46-41-37-34-31-32-35-40-44-49-54-59-70(4)5)69-92-96(85,86)90-65-71(78)64-89-95(83,84)91-68-72(66-87-74(79)60-55-50-45-39-20-17-14-11-8-3)93-76(81)62-57-52-47-42-36-24-22-19-16-13-10-7-2/h70-73,78H,6-69H2,1-5H3,(H,83,84)(H,85,86)/t71-,72+,73+/m0/s1.